The van der Waals surface area contributed by atoms with Crippen LogP contribution in [0.4, 0.5) is 0 Å². The van der Waals surface area contributed by atoms with E-state index in [0.29, 0.717) is 22.9 Å². The number of nitrogens with zero attached hydrogens (tertiary/aromatic N) is 4. The van der Waals surface area contributed by atoms with E-state index >= 15 is 0 Å². The first-order valence-corrected chi connectivity index (χ1v) is 7.71. The number of ketones is 1. The second-order valence-electron chi connectivity index (χ2n) is 5.45. The monoisotopic (exact) mass is 338 g/mol. The summed E-state index contributed by atoms with van der Waals surface area (Å²) in [6, 6.07) is 12.8. The molecule has 0 aliphatic carbocycles. The Morgan fingerprint density at radius 3 is 2.64 bits per heavy atom. The molecule has 0 unspecified atom stereocenters. The number of aromatic nitrogens is 4. The average molecular weight is 338 g/mol. The number of benzene rings is 2. The van der Waals surface area contributed by atoms with Gasteiger partial charge in [0.1, 0.15) is 18.0 Å². The van der Waals surface area contributed by atoms with Crippen molar-refractivity contribution < 1.29 is 14.3 Å². The van der Waals surface area contributed by atoms with Crippen LogP contribution in [0.1, 0.15) is 15.9 Å². The molecule has 0 atom stereocenters. The summed E-state index contributed by atoms with van der Waals surface area (Å²) >= 11 is 0. The van der Waals surface area contributed by atoms with Crippen LogP contribution in [0, 0.1) is 6.92 Å². The molecule has 0 spiro atoms. The topological polar surface area (TPSA) is 79.1 Å². The van der Waals surface area contributed by atoms with Gasteiger partial charge in [-0.1, -0.05) is 24.3 Å². The summed E-state index contributed by atoms with van der Waals surface area (Å²) in [7, 11) is 3.07. The number of methoxy groups -OCH3 is 2. The fourth-order valence-electron chi connectivity index (χ4n) is 2.48. The molecule has 7 nitrogen and oxygen atoms in total. The van der Waals surface area contributed by atoms with Gasteiger partial charge < -0.3 is 9.47 Å². The quantitative estimate of drug-likeness (QED) is 0.643. The van der Waals surface area contributed by atoms with Crippen molar-refractivity contribution in [1.82, 2.24) is 20.2 Å². The zero-order chi connectivity index (χ0) is 17.8. The Balaban J connectivity index is 1.82. The smallest absolute Gasteiger partial charge is 0.205 e. The van der Waals surface area contributed by atoms with Gasteiger partial charge in [-0.15, -0.1) is 10.2 Å². The van der Waals surface area contributed by atoms with E-state index in [1.807, 2.05) is 31.2 Å². The summed E-state index contributed by atoms with van der Waals surface area (Å²) < 4.78 is 10.4. The third-order valence-electron chi connectivity index (χ3n) is 3.83. The van der Waals surface area contributed by atoms with E-state index < -0.39 is 0 Å². The summed E-state index contributed by atoms with van der Waals surface area (Å²) in [6.45, 7) is 1.95. The number of carbonyl (C=O) groups is 1. The number of ether oxygens (including phenoxy) is 2. The fraction of sp³-hybridized carbons (Fsp3) is 0.222. The second-order valence-corrected chi connectivity index (χ2v) is 5.45. The molecule has 0 N–H and O–H groups in total. The van der Waals surface area contributed by atoms with Crippen molar-refractivity contribution >= 4 is 5.78 Å². The molecule has 1 aromatic heterocycles. The first-order chi connectivity index (χ1) is 12.1. The molecular weight excluding hydrogens is 320 g/mol. The maximum atomic E-state index is 12.6. The van der Waals surface area contributed by atoms with Gasteiger partial charge >= 0.3 is 0 Å². The summed E-state index contributed by atoms with van der Waals surface area (Å²) in [6.07, 6.45) is 0. The Hall–Kier alpha value is -3.22. The predicted molar refractivity (Wildman–Crippen MR) is 91.9 cm³/mol. The molecule has 128 valence electrons. The molecule has 25 heavy (non-hydrogen) atoms. The highest BCUT2D eigenvalue weighted by Crippen LogP contribution is 2.25. The third-order valence-corrected chi connectivity index (χ3v) is 3.83. The van der Waals surface area contributed by atoms with Crippen LogP contribution >= 0.6 is 0 Å². The van der Waals surface area contributed by atoms with Gasteiger partial charge in [-0.3, -0.25) is 4.79 Å². The maximum Gasteiger partial charge on any atom is 0.205 e. The number of tetrazole rings is 1. The first kappa shape index (κ1) is 16.6. The van der Waals surface area contributed by atoms with Crippen molar-refractivity contribution in [3.8, 4) is 22.9 Å². The molecule has 0 amide bonds. The lowest BCUT2D eigenvalue weighted by molar-refractivity contribution is 0.0958. The van der Waals surface area contributed by atoms with Crippen molar-refractivity contribution in [2.75, 3.05) is 14.2 Å². The van der Waals surface area contributed by atoms with E-state index in [4.69, 9.17) is 9.47 Å². The van der Waals surface area contributed by atoms with Crippen LogP contribution in [0.2, 0.25) is 0 Å². The van der Waals surface area contributed by atoms with E-state index in [9.17, 15) is 4.79 Å². The van der Waals surface area contributed by atoms with Crippen LogP contribution in [0.15, 0.2) is 42.5 Å². The van der Waals surface area contributed by atoms with Gasteiger partial charge in [-0.2, -0.15) is 4.80 Å². The minimum Gasteiger partial charge on any atom is -0.497 e. The molecule has 0 radical (unpaired) electrons. The lowest BCUT2D eigenvalue weighted by Crippen LogP contribution is -2.14. The number of rotatable bonds is 6. The largest absolute Gasteiger partial charge is 0.497 e. The summed E-state index contributed by atoms with van der Waals surface area (Å²) in [4.78, 5) is 13.8. The van der Waals surface area contributed by atoms with Gasteiger partial charge in [0.2, 0.25) is 5.82 Å². The Bertz CT molecular complexity index is 905. The second kappa shape index (κ2) is 7.12. The van der Waals surface area contributed by atoms with Crippen molar-refractivity contribution in [2.45, 2.75) is 13.5 Å². The minimum atomic E-state index is -0.173. The first-order valence-electron chi connectivity index (χ1n) is 7.71. The number of hydrogen-bond acceptors (Lipinski definition) is 6. The van der Waals surface area contributed by atoms with Crippen molar-refractivity contribution in [2.24, 2.45) is 0 Å². The zero-order valence-corrected chi connectivity index (χ0v) is 14.3. The lowest BCUT2D eigenvalue weighted by Gasteiger charge is -2.09. The Morgan fingerprint density at radius 2 is 1.92 bits per heavy atom. The molecule has 0 aliphatic heterocycles. The zero-order valence-electron chi connectivity index (χ0n) is 14.3. The van der Waals surface area contributed by atoms with Gasteiger partial charge in [0.25, 0.3) is 0 Å². The highest BCUT2D eigenvalue weighted by Gasteiger charge is 2.16. The number of aryl methyl sites for hydroxylation is 1. The standard InChI is InChI=1S/C18H18N4O3/c1-12-6-4-5-7-14(12)18-19-21-22(20-18)11-16(23)15-9-8-13(24-2)10-17(15)25-3/h4-10H,11H2,1-3H3. The number of hydrogen-bond donors (Lipinski definition) is 0. The van der Waals surface area contributed by atoms with Crippen LogP contribution in [-0.2, 0) is 6.54 Å². The molecule has 3 rings (SSSR count). The highest BCUT2D eigenvalue weighted by atomic mass is 16.5. The Kier molecular flexibility index (Phi) is 4.74. The summed E-state index contributed by atoms with van der Waals surface area (Å²) in [5.74, 6) is 1.39. The summed E-state index contributed by atoms with van der Waals surface area (Å²) in [5, 5.41) is 12.3. The van der Waals surface area contributed by atoms with Crippen LogP contribution in [0.3, 0.4) is 0 Å². The van der Waals surface area contributed by atoms with Gasteiger partial charge in [0.05, 0.1) is 19.8 Å². The predicted octanol–water partition coefficient (Wildman–Crippen LogP) is 2.55. The van der Waals surface area contributed by atoms with E-state index in [2.05, 4.69) is 15.4 Å². The molecule has 2 aromatic carbocycles. The number of Topliss-reactive ketones (excluding diaryl/α,β-unsaturated/α-hetero) is 1. The van der Waals surface area contributed by atoms with Crippen LogP contribution in [-0.4, -0.2) is 40.2 Å². The normalized spacial score (nSPS) is 10.5. The molecule has 0 fully saturated rings. The molecule has 0 saturated heterocycles. The Labute approximate surface area is 145 Å². The fourth-order valence-corrected chi connectivity index (χ4v) is 2.48. The average Bonchev–Trinajstić information content (AvgIpc) is 3.09. The molecule has 3 aromatic rings. The van der Waals surface area contributed by atoms with E-state index in [-0.39, 0.29) is 12.3 Å². The van der Waals surface area contributed by atoms with E-state index in [1.165, 1.54) is 11.9 Å². The Morgan fingerprint density at radius 1 is 1.12 bits per heavy atom. The van der Waals surface area contributed by atoms with Crippen molar-refractivity contribution in [1.29, 1.82) is 0 Å². The van der Waals surface area contributed by atoms with Gasteiger partial charge in [0.15, 0.2) is 5.78 Å². The number of carbonyl (C=O) groups excluding carboxylic acids is 1. The van der Waals surface area contributed by atoms with Crippen LogP contribution in [0.25, 0.3) is 11.4 Å². The van der Waals surface area contributed by atoms with E-state index in [0.717, 1.165) is 11.1 Å². The van der Waals surface area contributed by atoms with Crippen LogP contribution < -0.4 is 9.47 Å². The van der Waals surface area contributed by atoms with Crippen LogP contribution in [0.5, 0.6) is 11.5 Å². The molecular formula is C18H18N4O3. The molecule has 0 saturated carbocycles. The van der Waals surface area contributed by atoms with Gasteiger partial charge in [0, 0.05) is 11.6 Å². The molecule has 1 heterocycles. The third kappa shape index (κ3) is 3.50. The minimum absolute atomic E-state index is 0.0262. The van der Waals surface area contributed by atoms with Crippen molar-refractivity contribution in [3.05, 3.63) is 53.6 Å². The van der Waals surface area contributed by atoms with Gasteiger partial charge in [-0.25, -0.2) is 0 Å². The van der Waals surface area contributed by atoms with E-state index in [1.54, 1.807) is 25.3 Å². The SMILES string of the molecule is COc1ccc(C(=O)Cn2nnc(-c3ccccc3C)n2)c(OC)c1. The molecule has 7 heteroatoms. The van der Waals surface area contributed by atoms with Crippen molar-refractivity contribution in [3.63, 3.8) is 0 Å². The highest BCUT2D eigenvalue weighted by molar-refractivity contribution is 5.98. The maximum absolute atomic E-state index is 12.6. The molecule has 0 aliphatic rings. The molecule has 0 bridgehead atoms. The summed E-state index contributed by atoms with van der Waals surface area (Å²) in [5.41, 5.74) is 2.38. The van der Waals surface area contributed by atoms with Gasteiger partial charge in [-0.05, 0) is 29.8 Å². The lowest BCUT2D eigenvalue weighted by atomic mass is 10.1.